The summed E-state index contributed by atoms with van der Waals surface area (Å²) in [6.07, 6.45) is 4.48. The van der Waals surface area contributed by atoms with Crippen molar-refractivity contribution in [3.05, 3.63) is 46.7 Å². The van der Waals surface area contributed by atoms with E-state index in [1.807, 2.05) is 16.8 Å². The summed E-state index contributed by atoms with van der Waals surface area (Å²) in [7, 11) is 0. The summed E-state index contributed by atoms with van der Waals surface area (Å²) in [4.78, 5) is 19.3. The minimum Gasteiger partial charge on any atom is -0.347 e. The van der Waals surface area contributed by atoms with Gasteiger partial charge in [-0.2, -0.15) is 11.3 Å². The van der Waals surface area contributed by atoms with Crippen molar-refractivity contribution in [3.63, 3.8) is 0 Å². The number of carbonyl (C=O) groups is 1. The molecule has 0 unspecified atom stereocenters. The minimum absolute atomic E-state index is 0.200. The Morgan fingerprint density at radius 1 is 1.47 bits per heavy atom. The molecule has 4 nitrogen and oxygen atoms in total. The molecule has 2 aromatic rings. The summed E-state index contributed by atoms with van der Waals surface area (Å²) in [6.45, 7) is 0.527. The lowest BCUT2D eigenvalue weighted by Crippen LogP contribution is -2.23. The van der Waals surface area contributed by atoms with Crippen LogP contribution < -0.4 is 5.32 Å². The molecule has 0 aliphatic carbocycles. The lowest BCUT2D eigenvalue weighted by molar-refractivity contribution is 0.0945. The average molecular weight is 219 g/mol. The molecule has 2 heterocycles. The number of nitrogens with zero attached hydrogens (tertiary/aromatic N) is 2. The van der Waals surface area contributed by atoms with Crippen LogP contribution in [0.4, 0.5) is 0 Å². The highest BCUT2D eigenvalue weighted by Gasteiger charge is 2.05. The molecule has 76 valence electrons. The average Bonchev–Trinajstić information content (AvgIpc) is 2.80. The highest BCUT2D eigenvalue weighted by Crippen LogP contribution is 2.05. The largest absolute Gasteiger partial charge is 0.347 e. The number of amides is 1. The van der Waals surface area contributed by atoms with E-state index in [4.69, 9.17) is 0 Å². The smallest absolute Gasteiger partial charge is 0.271 e. The lowest BCUT2D eigenvalue weighted by atomic mass is 10.3. The first-order valence-electron chi connectivity index (χ1n) is 4.41. The van der Waals surface area contributed by atoms with Gasteiger partial charge in [0.25, 0.3) is 5.91 Å². The van der Waals surface area contributed by atoms with Gasteiger partial charge in [-0.1, -0.05) is 0 Å². The molecule has 0 fully saturated rings. The molecule has 0 aliphatic heterocycles. The van der Waals surface area contributed by atoms with Gasteiger partial charge in [0.2, 0.25) is 0 Å². The van der Waals surface area contributed by atoms with Crippen LogP contribution in [0.1, 0.15) is 16.1 Å². The van der Waals surface area contributed by atoms with Crippen molar-refractivity contribution in [2.75, 3.05) is 0 Å². The standard InChI is InChI=1S/C10H9N3OS/c14-10(9-6-11-2-3-12-9)13-5-8-1-4-15-7-8/h1-4,6-7H,5H2,(H,13,14). The van der Waals surface area contributed by atoms with Crippen LogP contribution in [-0.2, 0) is 6.54 Å². The predicted molar refractivity (Wildman–Crippen MR) is 57.5 cm³/mol. The highest BCUT2D eigenvalue weighted by atomic mass is 32.1. The van der Waals surface area contributed by atoms with Crippen LogP contribution >= 0.6 is 11.3 Å². The minimum atomic E-state index is -0.200. The number of thiophene rings is 1. The van der Waals surface area contributed by atoms with E-state index in [0.29, 0.717) is 12.2 Å². The van der Waals surface area contributed by atoms with Gasteiger partial charge in [-0.3, -0.25) is 9.78 Å². The SMILES string of the molecule is O=C(NCc1ccsc1)c1cnccn1. The second-order valence-electron chi connectivity index (χ2n) is 2.90. The predicted octanol–water partition coefficient (Wildman–Crippen LogP) is 1.47. The molecule has 0 spiro atoms. The van der Waals surface area contributed by atoms with Crippen LogP contribution in [0.15, 0.2) is 35.4 Å². The van der Waals surface area contributed by atoms with Gasteiger partial charge < -0.3 is 5.32 Å². The number of carbonyl (C=O) groups excluding carboxylic acids is 1. The van der Waals surface area contributed by atoms with E-state index in [9.17, 15) is 4.79 Å². The van der Waals surface area contributed by atoms with Gasteiger partial charge >= 0.3 is 0 Å². The lowest BCUT2D eigenvalue weighted by Gasteiger charge is -2.01. The summed E-state index contributed by atoms with van der Waals surface area (Å²) in [6, 6.07) is 1.97. The van der Waals surface area contributed by atoms with Crippen LogP contribution in [0.3, 0.4) is 0 Å². The molecule has 15 heavy (non-hydrogen) atoms. The Hall–Kier alpha value is -1.75. The Morgan fingerprint density at radius 3 is 3.07 bits per heavy atom. The molecule has 0 saturated heterocycles. The zero-order valence-corrected chi connectivity index (χ0v) is 8.70. The van der Waals surface area contributed by atoms with Gasteiger partial charge in [0, 0.05) is 18.9 Å². The molecule has 0 saturated carbocycles. The third-order valence-electron chi connectivity index (χ3n) is 1.83. The van der Waals surface area contributed by atoms with Crippen molar-refractivity contribution in [1.29, 1.82) is 0 Å². The van der Waals surface area contributed by atoms with Crippen LogP contribution in [0.2, 0.25) is 0 Å². The zero-order valence-electron chi connectivity index (χ0n) is 7.88. The Labute approximate surface area is 91.0 Å². The maximum atomic E-state index is 11.5. The van der Waals surface area contributed by atoms with Crippen molar-refractivity contribution in [3.8, 4) is 0 Å². The van der Waals surface area contributed by atoms with Crippen LogP contribution in [-0.4, -0.2) is 15.9 Å². The molecular weight excluding hydrogens is 210 g/mol. The molecule has 0 bridgehead atoms. The summed E-state index contributed by atoms with van der Waals surface area (Å²) >= 11 is 1.61. The second kappa shape index (κ2) is 4.65. The Balaban J connectivity index is 1.94. The van der Waals surface area contributed by atoms with Crippen molar-refractivity contribution in [1.82, 2.24) is 15.3 Å². The number of aromatic nitrogens is 2. The third kappa shape index (κ3) is 2.60. The van der Waals surface area contributed by atoms with E-state index in [1.165, 1.54) is 18.6 Å². The molecule has 1 N–H and O–H groups in total. The monoisotopic (exact) mass is 219 g/mol. The summed E-state index contributed by atoms with van der Waals surface area (Å²) in [5.41, 5.74) is 1.44. The van der Waals surface area contributed by atoms with Crippen molar-refractivity contribution < 1.29 is 4.79 Å². The molecule has 0 aromatic carbocycles. The van der Waals surface area contributed by atoms with E-state index >= 15 is 0 Å². The van der Waals surface area contributed by atoms with Gasteiger partial charge in [0.05, 0.1) is 6.20 Å². The van der Waals surface area contributed by atoms with E-state index < -0.39 is 0 Å². The van der Waals surface area contributed by atoms with E-state index in [-0.39, 0.29) is 5.91 Å². The fourth-order valence-electron chi connectivity index (χ4n) is 1.08. The molecule has 5 heteroatoms. The molecule has 0 atom stereocenters. The van der Waals surface area contributed by atoms with E-state index in [0.717, 1.165) is 5.56 Å². The summed E-state index contributed by atoms with van der Waals surface area (Å²) < 4.78 is 0. The number of nitrogens with one attached hydrogen (secondary N) is 1. The first kappa shape index (κ1) is 9.79. The zero-order chi connectivity index (χ0) is 10.5. The molecule has 1 amide bonds. The molecule has 2 rings (SSSR count). The Morgan fingerprint density at radius 2 is 2.40 bits per heavy atom. The van der Waals surface area contributed by atoms with Crippen molar-refractivity contribution in [2.24, 2.45) is 0 Å². The molecular formula is C10H9N3OS. The fourth-order valence-corrected chi connectivity index (χ4v) is 1.75. The summed E-state index contributed by atoms with van der Waals surface area (Å²) in [5, 5.41) is 6.74. The van der Waals surface area contributed by atoms with Gasteiger partial charge in [-0.25, -0.2) is 4.98 Å². The van der Waals surface area contributed by atoms with E-state index in [1.54, 1.807) is 11.3 Å². The van der Waals surface area contributed by atoms with Crippen LogP contribution in [0, 0.1) is 0 Å². The van der Waals surface area contributed by atoms with E-state index in [2.05, 4.69) is 15.3 Å². The highest BCUT2D eigenvalue weighted by molar-refractivity contribution is 7.07. The topological polar surface area (TPSA) is 54.9 Å². The van der Waals surface area contributed by atoms with Crippen LogP contribution in [0.5, 0.6) is 0 Å². The Kier molecular flexibility index (Phi) is 3.04. The number of hydrogen-bond donors (Lipinski definition) is 1. The van der Waals surface area contributed by atoms with Gasteiger partial charge in [-0.15, -0.1) is 0 Å². The normalized spacial score (nSPS) is 9.87. The summed E-state index contributed by atoms with van der Waals surface area (Å²) in [5.74, 6) is -0.200. The molecule has 0 radical (unpaired) electrons. The van der Waals surface area contributed by atoms with Gasteiger partial charge in [0.1, 0.15) is 5.69 Å². The number of hydrogen-bond acceptors (Lipinski definition) is 4. The van der Waals surface area contributed by atoms with Gasteiger partial charge in [-0.05, 0) is 22.4 Å². The fraction of sp³-hybridized carbons (Fsp3) is 0.100. The first-order valence-corrected chi connectivity index (χ1v) is 5.36. The second-order valence-corrected chi connectivity index (χ2v) is 3.68. The number of rotatable bonds is 3. The Bertz CT molecular complexity index is 427. The van der Waals surface area contributed by atoms with Crippen LogP contribution in [0.25, 0.3) is 0 Å². The quantitative estimate of drug-likeness (QED) is 0.850. The maximum absolute atomic E-state index is 11.5. The molecule has 2 aromatic heterocycles. The first-order chi connectivity index (χ1) is 7.36. The maximum Gasteiger partial charge on any atom is 0.271 e. The van der Waals surface area contributed by atoms with Crippen molar-refractivity contribution in [2.45, 2.75) is 6.54 Å². The molecule has 0 aliphatic rings. The third-order valence-corrected chi connectivity index (χ3v) is 2.56. The van der Waals surface area contributed by atoms with Gasteiger partial charge in [0.15, 0.2) is 0 Å². The van der Waals surface area contributed by atoms with Crippen molar-refractivity contribution >= 4 is 17.2 Å².